The number of para-hydroxylation sites is 1. The smallest absolute Gasteiger partial charge is 0.227 e. The normalized spacial score (nSPS) is 11.3. The molecule has 2 aromatic carbocycles. The lowest BCUT2D eigenvalue weighted by atomic mass is 10.0. The van der Waals surface area contributed by atoms with E-state index in [1.165, 1.54) is 6.07 Å². The molecule has 0 bridgehead atoms. The minimum Gasteiger partial charge on any atom is -0.496 e. The van der Waals surface area contributed by atoms with Crippen LogP contribution in [0.1, 0.15) is 25.3 Å². The molecular weight excluding hydrogens is 269 g/mol. The van der Waals surface area contributed by atoms with E-state index in [9.17, 15) is 4.39 Å². The van der Waals surface area contributed by atoms with Crippen LogP contribution in [0.5, 0.6) is 5.75 Å². The fourth-order valence-corrected chi connectivity index (χ4v) is 2.36. The van der Waals surface area contributed by atoms with Crippen LogP contribution in [0.3, 0.4) is 0 Å². The summed E-state index contributed by atoms with van der Waals surface area (Å²) in [5, 5.41) is 0. The standard InChI is InChI=1S/C17H16FNO2/c1-10(2)12-8-7-11(9-15(12)20-3)17-19-14-6-4-5-13(18)16(14)21-17/h4-10H,1-3H3. The second-order valence-electron chi connectivity index (χ2n) is 5.22. The summed E-state index contributed by atoms with van der Waals surface area (Å²) in [5.74, 6) is 1.13. The molecule has 4 heteroatoms. The van der Waals surface area contributed by atoms with Crippen LogP contribution in [0, 0.1) is 5.82 Å². The highest BCUT2D eigenvalue weighted by molar-refractivity contribution is 5.77. The number of hydrogen-bond donors (Lipinski definition) is 0. The third kappa shape index (κ3) is 2.37. The summed E-state index contributed by atoms with van der Waals surface area (Å²) in [6.07, 6.45) is 0. The van der Waals surface area contributed by atoms with Gasteiger partial charge in [0.05, 0.1) is 7.11 Å². The van der Waals surface area contributed by atoms with Crippen molar-refractivity contribution in [2.24, 2.45) is 0 Å². The third-order valence-corrected chi connectivity index (χ3v) is 3.47. The predicted octanol–water partition coefficient (Wildman–Crippen LogP) is 4.77. The number of aromatic nitrogens is 1. The number of oxazole rings is 1. The highest BCUT2D eigenvalue weighted by atomic mass is 19.1. The molecule has 0 amide bonds. The van der Waals surface area contributed by atoms with Crippen molar-refractivity contribution in [3.8, 4) is 17.2 Å². The maximum absolute atomic E-state index is 13.7. The Balaban J connectivity index is 2.12. The Morgan fingerprint density at radius 2 is 2.00 bits per heavy atom. The fraction of sp³-hybridized carbons (Fsp3) is 0.235. The van der Waals surface area contributed by atoms with Gasteiger partial charge < -0.3 is 9.15 Å². The average molecular weight is 285 g/mol. The van der Waals surface area contributed by atoms with Crippen molar-refractivity contribution in [3.63, 3.8) is 0 Å². The molecule has 0 aliphatic rings. The second kappa shape index (κ2) is 5.20. The minimum absolute atomic E-state index is 0.180. The summed E-state index contributed by atoms with van der Waals surface area (Å²) in [6, 6.07) is 10.5. The number of benzene rings is 2. The first-order valence-corrected chi connectivity index (χ1v) is 6.83. The Bertz CT molecular complexity index is 793. The summed E-state index contributed by atoms with van der Waals surface area (Å²) in [6.45, 7) is 4.21. The van der Waals surface area contributed by atoms with Gasteiger partial charge in [-0.1, -0.05) is 26.0 Å². The van der Waals surface area contributed by atoms with Crippen LogP contribution in [0.25, 0.3) is 22.6 Å². The number of hydrogen-bond acceptors (Lipinski definition) is 3. The second-order valence-corrected chi connectivity index (χ2v) is 5.22. The average Bonchev–Trinajstić information content (AvgIpc) is 2.92. The zero-order chi connectivity index (χ0) is 15.0. The van der Waals surface area contributed by atoms with E-state index in [1.54, 1.807) is 19.2 Å². The van der Waals surface area contributed by atoms with Gasteiger partial charge in [0.15, 0.2) is 11.4 Å². The van der Waals surface area contributed by atoms with Crippen LogP contribution in [-0.2, 0) is 0 Å². The van der Waals surface area contributed by atoms with Crippen molar-refractivity contribution >= 4 is 11.1 Å². The first kappa shape index (κ1) is 13.6. The molecule has 3 nitrogen and oxygen atoms in total. The van der Waals surface area contributed by atoms with Gasteiger partial charge in [-0.15, -0.1) is 0 Å². The molecule has 0 saturated carbocycles. The maximum Gasteiger partial charge on any atom is 0.227 e. The Labute approximate surface area is 122 Å². The first-order chi connectivity index (χ1) is 10.1. The number of rotatable bonds is 3. The Morgan fingerprint density at radius 1 is 1.19 bits per heavy atom. The molecule has 0 saturated heterocycles. The molecule has 0 N–H and O–H groups in total. The molecule has 0 spiro atoms. The molecule has 0 aliphatic heterocycles. The van der Waals surface area contributed by atoms with E-state index < -0.39 is 5.82 Å². The molecule has 0 aliphatic carbocycles. The van der Waals surface area contributed by atoms with Gasteiger partial charge in [0, 0.05) is 5.56 Å². The van der Waals surface area contributed by atoms with Crippen LogP contribution in [0.4, 0.5) is 4.39 Å². The molecule has 0 atom stereocenters. The van der Waals surface area contributed by atoms with E-state index in [2.05, 4.69) is 18.8 Å². The fourth-order valence-electron chi connectivity index (χ4n) is 2.36. The highest BCUT2D eigenvalue weighted by Crippen LogP contribution is 2.32. The van der Waals surface area contributed by atoms with Gasteiger partial charge in [0.1, 0.15) is 11.3 Å². The van der Waals surface area contributed by atoms with Gasteiger partial charge in [-0.2, -0.15) is 0 Å². The lowest BCUT2D eigenvalue weighted by Crippen LogP contribution is -1.94. The summed E-state index contributed by atoms with van der Waals surface area (Å²) in [4.78, 5) is 4.33. The molecule has 0 radical (unpaired) electrons. The molecule has 21 heavy (non-hydrogen) atoms. The van der Waals surface area contributed by atoms with Crippen LogP contribution in [0.15, 0.2) is 40.8 Å². The van der Waals surface area contributed by atoms with E-state index in [4.69, 9.17) is 9.15 Å². The zero-order valence-corrected chi connectivity index (χ0v) is 12.2. The van der Waals surface area contributed by atoms with Crippen LogP contribution < -0.4 is 4.74 Å². The molecule has 0 fully saturated rings. The molecular formula is C17H16FNO2. The van der Waals surface area contributed by atoms with E-state index in [0.29, 0.717) is 17.3 Å². The first-order valence-electron chi connectivity index (χ1n) is 6.83. The number of nitrogens with zero attached hydrogens (tertiary/aromatic N) is 1. The van der Waals surface area contributed by atoms with Gasteiger partial charge in [0.2, 0.25) is 5.89 Å². The van der Waals surface area contributed by atoms with Crippen LogP contribution in [-0.4, -0.2) is 12.1 Å². The van der Waals surface area contributed by atoms with E-state index in [-0.39, 0.29) is 5.58 Å². The van der Waals surface area contributed by atoms with Crippen molar-refractivity contribution in [2.75, 3.05) is 7.11 Å². The summed E-state index contributed by atoms with van der Waals surface area (Å²) >= 11 is 0. The molecule has 1 aromatic heterocycles. The minimum atomic E-state index is -0.406. The number of halogens is 1. The molecule has 3 aromatic rings. The van der Waals surface area contributed by atoms with Gasteiger partial charge in [0.25, 0.3) is 0 Å². The lowest BCUT2D eigenvalue weighted by molar-refractivity contribution is 0.407. The van der Waals surface area contributed by atoms with Gasteiger partial charge in [-0.3, -0.25) is 0 Å². The van der Waals surface area contributed by atoms with Gasteiger partial charge >= 0.3 is 0 Å². The largest absolute Gasteiger partial charge is 0.496 e. The van der Waals surface area contributed by atoms with Gasteiger partial charge in [-0.25, -0.2) is 9.37 Å². The predicted molar refractivity (Wildman–Crippen MR) is 80.0 cm³/mol. The number of ether oxygens (including phenoxy) is 1. The molecule has 0 unspecified atom stereocenters. The summed E-state index contributed by atoms with van der Waals surface area (Å²) in [5.41, 5.74) is 2.58. The van der Waals surface area contributed by atoms with Crippen molar-refractivity contribution in [1.29, 1.82) is 0 Å². The Kier molecular flexibility index (Phi) is 3.37. The van der Waals surface area contributed by atoms with E-state index in [0.717, 1.165) is 16.9 Å². The quantitative estimate of drug-likeness (QED) is 0.695. The Hall–Kier alpha value is -2.36. The molecule has 3 rings (SSSR count). The van der Waals surface area contributed by atoms with Crippen molar-refractivity contribution in [1.82, 2.24) is 4.98 Å². The lowest BCUT2D eigenvalue weighted by Gasteiger charge is -2.12. The SMILES string of the molecule is COc1cc(-c2nc3cccc(F)c3o2)ccc1C(C)C. The molecule has 1 heterocycles. The third-order valence-electron chi connectivity index (χ3n) is 3.47. The topological polar surface area (TPSA) is 35.3 Å². The number of methoxy groups -OCH3 is 1. The van der Waals surface area contributed by atoms with E-state index >= 15 is 0 Å². The summed E-state index contributed by atoms with van der Waals surface area (Å²) < 4.78 is 24.6. The van der Waals surface area contributed by atoms with Crippen LogP contribution >= 0.6 is 0 Å². The van der Waals surface area contributed by atoms with Crippen LogP contribution in [0.2, 0.25) is 0 Å². The maximum atomic E-state index is 13.7. The molecule has 108 valence electrons. The van der Waals surface area contributed by atoms with E-state index in [1.807, 2.05) is 18.2 Å². The number of fused-ring (bicyclic) bond motifs is 1. The van der Waals surface area contributed by atoms with Crippen molar-refractivity contribution in [3.05, 3.63) is 47.8 Å². The van der Waals surface area contributed by atoms with Gasteiger partial charge in [-0.05, 0) is 35.7 Å². The van der Waals surface area contributed by atoms with Crippen molar-refractivity contribution < 1.29 is 13.5 Å². The summed E-state index contributed by atoms with van der Waals surface area (Å²) in [7, 11) is 1.64. The van der Waals surface area contributed by atoms with Crippen molar-refractivity contribution in [2.45, 2.75) is 19.8 Å². The highest BCUT2D eigenvalue weighted by Gasteiger charge is 2.14. The Morgan fingerprint density at radius 3 is 2.67 bits per heavy atom. The monoisotopic (exact) mass is 285 g/mol. The zero-order valence-electron chi connectivity index (χ0n) is 12.2.